The van der Waals surface area contributed by atoms with E-state index in [9.17, 15) is 9.59 Å². The first-order chi connectivity index (χ1) is 9.09. The van der Waals surface area contributed by atoms with Gasteiger partial charge in [0, 0.05) is 17.8 Å². The summed E-state index contributed by atoms with van der Waals surface area (Å²) in [6.45, 7) is 3.87. The van der Waals surface area contributed by atoms with Gasteiger partial charge in [0.15, 0.2) is 0 Å². The van der Waals surface area contributed by atoms with E-state index in [-0.39, 0.29) is 17.5 Å². The van der Waals surface area contributed by atoms with Crippen molar-refractivity contribution in [2.24, 2.45) is 0 Å². The van der Waals surface area contributed by atoms with Crippen molar-refractivity contribution in [2.45, 2.75) is 19.9 Å². The van der Waals surface area contributed by atoms with Crippen LogP contribution in [0.4, 0.5) is 5.69 Å². The first kappa shape index (κ1) is 13.1. The van der Waals surface area contributed by atoms with Crippen LogP contribution in [0.1, 0.15) is 24.3 Å². The van der Waals surface area contributed by atoms with Gasteiger partial charge in [-0.1, -0.05) is 24.3 Å². The number of amides is 1. The summed E-state index contributed by atoms with van der Waals surface area (Å²) >= 11 is 0. The molecule has 0 radical (unpaired) electrons. The third-order valence-corrected chi connectivity index (χ3v) is 2.77. The third-order valence-electron chi connectivity index (χ3n) is 2.77. The molecule has 0 saturated heterocycles. The van der Waals surface area contributed by atoms with Gasteiger partial charge in [0.05, 0.1) is 0 Å². The Morgan fingerprint density at radius 3 is 2.32 bits per heavy atom. The number of nitrogens with one attached hydrogen (secondary N) is 1. The average Bonchev–Trinajstić information content (AvgIpc) is 2.39. The molecule has 0 fully saturated rings. The highest BCUT2D eigenvalue weighted by Crippen LogP contribution is 2.18. The van der Waals surface area contributed by atoms with Gasteiger partial charge in [-0.25, -0.2) is 0 Å². The number of carbonyl (C=O) groups excluding carboxylic acids is 1. The van der Waals surface area contributed by atoms with E-state index < -0.39 is 0 Å². The topological polar surface area (TPSA) is 53.2 Å². The number of benzene rings is 1. The van der Waals surface area contributed by atoms with Crippen molar-refractivity contribution in [1.29, 1.82) is 0 Å². The summed E-state index contributed by atoms with van der Waals surface area (Å²) in [4.78, 5) is 28.0. The van der Waals surface area contributed by atoms with Crippen LogP contribution in [0.3, 0.4) is 0 Å². The number of H-pyrrole nitrogens is 1. The Bertz CT molecular complexity index is 617. The number of nitrogens with zero attached hydrogens (tertiary/aromatic N) is 1. The smallest absolute Gasteiger partial charge is 0.275 e. The van der Waals surface area contributed by atoms with E-state index in [0.717, 1.165) is 5.69 Å². The molecule has 1 N–H and O–H groups in total. The molecule has 0 bridgehead atoms. The summed E-state index contributed by atoms with van der Waals surface area (Å²) in [5.74, 6) is -0.209. The van der Waals surface area contributed by atoms with Crippen LogP contribution in [0.15, 0.2) is 53.3 Å². The highest BCUT2D eigenvalue weighted by molar-refractivity contribution is 6.05. The maximum Gasteiger partial charge on any atom is 0.275 e. The number of hydrogen-bond donors (Lipinski definition) is 1. The SMILES string of the molecule is CC(C)N(C(=O)c1cccc(=O)[nH]1)c1ccccc1. The van der Waals surface area contributed by atoms with Crippen LogP contribution in [0.5, 0.6) is 0 Å². The van der Waals surface area contributed by atoms with Gasteiger partial charge in [-0.15, -0.1) is 0 Å². The first-order valence-corrected chi connectivity index (χ1v) is 6.17. The predicted molar refractivity (Wildman–Crippen MR) is 75.5 cm³/mol. The fraction of sp³-hybridized carbons (Fsp3) is 0.200. The standard InChI is InChI=1S/C15H16N2O2/c1-11(2)17(12-7-4-3-5-8-12)15(19)13-9-6-10-14(18)16-13/h3-11H,1-2H3,(H,16,18). The van der Waals surface area contributed by atoms with Crippen LogP contribution >= 0.6 is 0 Å². The largest absolute Gasteiger partial charge is 0.318 e. The van der Waals surface area contributed by atoms with Crippen LogP contribution in [0.25, 0.3) is 0 Å². The van der Waals surface area contributed by atoms with E-state index >= 15 is 0 Å². The van der Waals surface area contributed by atoms with Gasteiger partial charge >= 0.3 is 0 Å². The van der Waals surface area contributed by atoms with Gasteiger partial charge in [0.25, 0.3) is 5.91 Å². The van der Waals surface area contributed by atoms with Crippen molar-refractivity contribution in [3.05, 3.63) is 64.6 Å². The number of carbonyl (C=O) groups is 1. The number of aromatic amines is 1. The summed E-state index contributed by atoms with van der Waals surface area (Å²) in [7, 11) is 0. The average molecular weight is 256 g/mol. The number of hydrogen-bond acceptors (Lipinski definition) is 2. The second kappa shape index (κ2) is 5.52. The molecule has 1 amide bonds. The molecule has 0 unspecified atom stereocenters. The van der Waals surface area contributed by atoms with Crippen molar-refractivity contribution in [2.75, 3.05) is 4.90 Å². The zero-order chi connectivity index (χ0) is 13.8. The molecule has 0 spiro atoms. The number of para-hydroxylation sites is 1. The van der Waals surface area contributed by atoms with Gasteiger partial charge in [0.2, 0.25) is 5.56 Å². The third kappa shape index (κ3) is 2.91. The van der Waals surface area contributed by atoms with Crippen molar-refractivity contribution >= 4 is 11.6 Å². The maximum absolute atomic E-state index is 12.5. The Morgan fingerprint density at radius 2 is 1.74 bits per heavy atom. The quantitative estimate of drug-likeness (QED) is 0.917. The van der Waals surface area contributed by atoms with Crippen LogP contribution < -0.4 is 10.5 Å². The Balaban J connectivity index is 2.41. The monoisotopic (exact) mass is 256 g/mol. The predicted octanol–water partition coefficient (Wildman–Crippen LogP) is 2.43. The number of rotatable bonds is 3. The molecule has 0 aliphatic heterocycles. The van der Waals surface area contributed by atoms with Crippen LogP contribution in [-0.4, -0.2) is 16.9 Å². The lowest BCUT2D eigenvalue weighted by atomic mass is 10.2. The Kier molecular flexibility index (Phi) is 3.80. The van der Waals surface area contributed by atoms with Gasteiger partial charge in [-0.3, -0.25) is 9.59 Å². The lowest BCUT2D eigenvalue weighted by Crippen LogP contribution is -2.38. The number of pyridine rings is 1. The molecule has 0 aliphatic carbocycles. The molecule has 1 heterocycles. The molecule has 19 heavy (non-hydrogen) atoms. The molecular weight excluding hydrogens is 240 g/mol. The van der Waals surface area contributed by atoms with Gasteiger partial charge in [-0.05, 0) is 32.0 Å². The number of anilines is 1. The minimum atomic E-state index is -0.275. The van der Waals surface area contributed by atoms with Crippen molar-refractivity contribution in [3.8, 4) is 0 Å². The molecule has 1 aromatic carbocycles. The van der Waals surface area contributed by atoms with Gasteiger partial charge < -0.3 is 9.88 Å². The molecule has 2 rings (SSSR count). The lowest BCUT2D eigenvalue weighted by Gasteiger charge is -2.26. The molecule has 2 aromatic rings. The second-order valence-electron chi connectivity index (χ2n) is 4.53. The fourth-order valence-electron chi connectivity index (χ4n) is 1.94. The van der Waals surface area contributed by atoms with Crippen LogP contribution in [0.2, 0.25) is 0 Å². The van der Waals surface area contributed by atoms with E-state index in [2.05, 4.69) is 4.98 Å². The van der Waals surface area contributed by atoms with Crippen molar-refractivity contribution in [3.63, 3.8) is 0 Å². The van der Waals surface area contributed by atoms with E-state index in [1.807, 2.05) is 44.2 Å². The van der Waals surface area contributed by atoms with E-state index in [1.165, 1.54) is 6.07 Å². The molecule has 0 aliphatic rings. The van der Waals surface area contributed by atoms with E-state index in [1.54, 1.807) is 17.0 Å². The van der Waals surface area contributed by atoms with Crippen molar-refractivity contribution in [1.82, 2.24) is 4.98 Å². The van der Waals surface area contributed by atoms with E-state index in [0.29, 0.717) is 5.69 Å². The fourth-order valence-corrected chi connectivity index (χ4v) is 1.94. The zero-order valence-electron chi connectivity index (χ0n) is 11.0. The highest BCUT2D eigenvalue weighted by Gasteiger charge is 2.20. The van der Waals surface area contributed by atoms with E-state index in [4.69, 9.17) is 0 Å². The molecular formula is C15H16N2O2. The summed E-state index contributed by atoms with van der Waals surface area (Å²) in [5.41, 5.74) is 0.833. The molecule has 98 valence electrons. The normalized spacial score (nSPS) is 10.5. The minimum absolute atomic E-state index is 0.00129. The Hall–Kier alpha value is -2.36. The Morgan fingerprint density at radius 1 is 1.05 bits per heavy atom. The van der Waals surface area contributed by atoms with Crippen LogP contribution in [-0.2, 0) is 0 Å². The zero-order valence-corrected chi connectivity index (χ0v) is 11.0. The summed E-state index contributed by atoms with van der Waals surface area (Å²) in [5, 5.41) is 0. The summed E-state index contributed by atoms with van der Waals surface area (Å²) < 4.78 is 0. The summed E-state index contributed by atoms with van der Waals surface area (Å²) in [6.07, 6.45) is 0. The molecule has 1 aromatic heterocycles. The number of aromatic nitrogens is 1. The molecule has 4 nitrogen and oxygen atoms in total. The first-order valence-electron chi connectivity index (χ1n) is 6.17. The summed E-state index contributed by atoms with van der Waals surface area (Å²) in [6, 6.07) is 14.0. The van der Waals surface area contributed by atoms with Crippen LogP contribution in [0, 0.1) is 0 Å². The Labute approximate surface area is 111 Å². The highest BCUT2D eigenvalue weighted by atomic mass is 16.2. The second-order valence-corrected chi connectivity index (χ2v) is 4.53. The molecule has 4 heteroatoms. The molecule has 0 saturated carbocycles. The van der Waals surface area contributed by atoms with Gasteiger partial charge in [-0.2, -0.15) is 0 Å². The molecule has 0 atom stereocenters. The minimum Gasteiger partial charge on any atom is -0.318 e. The maximum atomic E-state index is 12.5. The van der Waals surface area contributed by atoms with Gasteiger partial charge in [0.1, 0.15) is 5.69 Å². The lowest BCUT2D eigenvalue weighted by molar-refractivity contribution is 0.0975. The van der Waals surface area contributed by atoms with Crippen molar-refractivity contribution < 1.29 is 4.79 Å².